The quantitative estimate of drug-likeness (QED) is 0.683. The van der Waals surface area contributed by atoms with Crippen LogP contribution in [0.4, 0.5) is 0 Å². The number of Topliss-reactive ketones (excluding diaryl/α,β-unsaturated/α-hetero) is 1. The monoisotopic (exact) mass is 345 g/mol. The van der Waals surface area contributed by atoms with Crippen molar-refractivity contribution in [2.75, 3.05) is 0 Å². The molecular weight excluding hydrogens is 318 g/mol. The molecule has 4 rings (SSSR count). The molecule has 0 atom stereocenters. The predicted molar refractivity (Wildman–Crippen MR) is 107 cm³/mol. The second-order valence-corrected chi connectivity index (χ2v) is 7.56. The zero-order valence-electron chi connectivity index (χ0n) is 15.7. The van der Waals surface area contributed by atoms with Crippen LogP contribution in [-0.4, -0.2) is 10.8 Å². The third kappa shape index (κ3) is 3.25. The summed E-state index contributed by atoms with van der Waals surface area (Å²) in [4.78, 5) is 18.1. The Hall–Kier alpha value is -2.22. The first-order valence-electron chi connectivity index (χ1n) is 10.1. The Morgan fingerprint density at radius 3 is 2.62 bits per heavy atom. The Kier molecular flexibility index (Phi) is 5.01. The second kappa shape index (κ2) is 7.57. The van der Waals surface area contributed by atoms with E-state index in [1.54, 1.807) is 0 Å². The van der Waals surface area contributed by atoms with Gasteiger partial charge in [0.1, 0.15) is 5.69 Å². The topological polar surface area (TPSA) is 30.0 Å². The largest absolute Gasteiger partial charge is 0.287 e. The number of aryl methyl sites for hydroxylation is 1. The van der Waals surface area contributed by atoms with E-state index in [0.29, 0.717) is 0 Å². The highest BCUT2D eigenvalue weighted by atomic mass is 16.1. The van der Waals surface area contributed by atoms with Crippen LogP contribution in [0.1, 0.15) is 77.5 Å². The molecule has 0 saturated carbocycles. The van der Waals surface area contributed by atoms with E-state index < -0.39 is 0 Å². The molecule has 0 saturated heterocycles. The molecule has 2 aliphatic rings. The number of hydrogen-bond acceptors (Lipinski definition) is 2. The Labute approximate surface area is 156 Å². The van der Waals surface area contributed by atoms with E-state index >= 15 is 0 Å². The summed E-state index contributed by atoms with van der Waals surface area (Å²) in [5.41, 5.74) is 8.18. The lowest BCUT2D eigenvalue weighted by Gasteiger charge is -2.27. The summed E-state index contributed by atoms with van der Waals surface area (Å²) in [5, 5.41) is 0. The van der Waals surface area contributed by atoms with Crippen molar-refractivity contribution in [3.8, 4) is 0 Å². The average Bonchev–Trinajstić information content (AvgIpc) is 2.68. The summed E-state index contributed by atoms with van der Waals surface area (Å²) < 4.78 is 0. The highest BCUT2D eigenvalue weighted by Crippen LogP contribution is 2.34. The first kappa shape index (κ1) is 17.2. The molecule has 1 aromatic carbocycles. The number of allylic oxidation sites excluding steroid dienone is 1. The number of hydrogen-bond donors (Lipinski definition) is 0. The third-order valence-corrected chi connectivity index (χ3v) is 5.77. The molecule has 2 heteroatoms. The molecule has 1 heterocycles. The number of unbranched alkanes of at least 4 members (excludes halogenated alkanes) is 1. The molecule has 0 amide bonds. The summed E-state index contributed by atoms with van der Waals surface area (Å²) in [7, 11) is 0. The van der Waals surface area contributed by atoms with Crippen LogP contribution in [0, 0.1) is 0 Å². The molecular formula is C24H27NO. The normalized spacial score (nSPS) is 17.9. The van der Waals surface area contributed by atoms with Gasteiger partial charge in [0.05, 0.1) is 0 Å². The van der Waals surface area contributed by atoms with Crippen molar-refractivity contribution in [2.24, 2.45) is 0 Å². The van der Waals surface area contributed by atoms with Gasteiger partial charge in [0, 0.05) is 11.3 Å². The van der Waals surface area contributed by atoms with Crippen LogP contribution in [0.5, 0.6) is 0 Å². The van der Waals surface area contributed by atoms with E-state index in [0.717, 1.165) is 48.9 Å². The molecule has 0 fully saturated rings. The van der Waals surface area contributed by atoms with Gasteiger partial charge in [0.15, 0.2) is 0 Å². The summed E-state index contributed by atoms with van der Waals surface area (Å²) in [6.07, 6.45) is 12.0. The first-order valence-corrected chi connectivity index (χ1v) is 10.1. The number of benzene rings is 1. The molecule has 0 unspecified atom stereocenters. The van der Waals surface area contributed by atoms with E-state index in [4.69, 9.17) is 4.98 Å². The van der Waals surface area contributed by atoms with Crippen molar-refractivity contribution < 1.29 is 4.79 Å². The van der Waals surface area contributed by atoms with Crippen LogP contribution >= 0.6 is 0 Å². The van der Waals surface area contributed by atoms with Gasteiger partial charge in [-0.2, -0.15) is 0 Å². The number of carbonyl (C=O) groups is 1. The van der Waals surface area contributed by atoms with Crippen LogP contribution in [0.15, 0.2) is 35.9 Å². The van der Waals surface area contributed by atoms with Crippen LogP contribution in [0.25, 0.3) is 6.08 Å². The standard InChI is InChI=1S/C24H27NO/c1-2-3-11-19-20-12-7-8-13-22(20)25-23-21(19)15-14-18(24(23)26)16-17-9-5-4-6-10-17/h4-6,9-10,16H,2-3,7-8,11-15H2,1H3/b18-16-. The number of ketones is 1. The summed E-state index contributed by atoms with van der Waals surface area (Å²) in [5.74, 6) is 0.154. The number of rotatable bonds is 4. The van der Waals surface area contributed by atoms with Gasteiger partial charge in [-0.05, 0) is 79.7 Å². The fourth-order valence-electron chi connectivity index (χ4n) is 4.39. The SMILES string of the molecule is CCCCc1c2c(nc3c1CC/C(=C/c1ccccc1)C3=O)CCCC2. The molecule has 0 bridgehead atoms. The van der Waals surface area contributed by atoms with Gasteiger partial charge in [-0.3, -0.25) is 4.79 Å². The molecule has 2 nitrogen and oxygen atoms in total. The van der Waals surface area contributed by atoms with Crippen molar-refractivity contribution >= 4 is 11.9 Å². The van der Waals surface area contributed by atoms with E-state index in [1.165, 1.54) is 48.1 Å². The third-order valence-electron chi connectivity index (χ3n) is 5.77. The van der Waals surface area contributed by atoms with E-state index in [1.807, 2.05) is 18.2 Å². The lowest BCUT2D eigenvalue weighted by molar-refractivity contribution is 0.102. The highest BCUT2D eigenvalue weighted by Gasteiger charge is 2.29. The van der Waals surface area contributed by atoms with Gasteiger partial charge in [0.25, 0.3) is 0 Å². The van der Waals surface area contributed by atoms with Crippen LogP contribution < -0.4 is 0 Å². The Balaban J connectivity index is 1.76. The average molecular weight is 345 g/mol. The smallest absolute Gasteiger partial charge is 0.207 e. The lowest BCUT2D eigenvalue weighted by atomic mass is 9.80. The Morgan fingerprint density at radius 1 is 1.00 bits per heavy atom. The number of aromatic nitrogens is 1. The molecule has 0 radical (unpaired) electrons. The first-order chi connectivity index (χ1) is 12.8. The second-order valence-electron chi connectivity index (χ2n) is 7.56. The van der Waals surface area contributed by atoms with Crippen molar-refractivity contribution in [2.45, 2.75) is 64.7 Å². The minimum Gasteiger partial charge on any atom is -0.287 e. The fourth-order valence-corrected chi connectivity index (χ4v) is 4.39. The van der Waals surface area contributed by atoms with E-state index in [9.17, 15) is 4.79 Å². The van der Waals surface area contributed by atoms with Crippen LogP contribution in [0.3, 0.4) is 0 Å². The van der Waals surface area contributed by atoms with Gasteiger partial charge >= 0.3 is 0 Å². The summed E-state index contributed by atoms with van der Waals surface area (Å²) >= 11 is 0. The molecule has 0 aliphatic heterocycles. The number of fused-ring (bicyclic) bond motifs is 2. The van der Waals surface area contributed by atoms with Crippen molar-refractivity contribution in [1.82, 2.24) is 4.98 Å². The van der Waals surface area contributed by atoms with Gasteiger partial charge in [-0.15, -0.1) is 0 Å². The molecule has 1 aromatic heterocycles. The van der Waals surface area contributed by atoms with Gasteiger partial charge in [0.2, 0.25) is 5.78 Å². The minimum atomic E-state index is 0.154. The molecule has 26 heavy (non-hydrogen) atoms. The molecule has 0 N–H and O–H groups in total. The van der Waals surface area contributed by atoms with Crippen molar-refractivity contribution in [1.29, 1.82) is 0 Å². The summed E-state index contributed by atoms with van der Waals surface area (Å²) in [6, 6.07) is 10.2. The molecule has 134 valence electrons. The molecule has 2 aromatic rings. The van der Waals surface area contributed by atoms with Gasteiger partial charge < -0.3 is 0 Å². The Bertz CT molecular complexity index is 848. The highest BCUT2D eigenvalue weighted by molar-refractivity contribution is 6.12. The zero-order valence-corrected chi connectivity index (χ0v) is 15.7. The summed E-state index contributed by atoms with van der Waals surface area (Å²) in [6.45, 7) is 2.24. The van der Waals surface area contributed by atoms with Crippen LogP contribution in [0.2, 0.25) is 0 Å². The fraction of sp³-hybridized carbons (Fsp3) is 0.417. The van der Waals surface area contributed by atoms with Crippen LogP contribution in [-0.2, 0) is 25.7 Å². The van der Waals surface area contributed by atoms with E-state index in [-0.39, 0.29) is 5.78 Å². The number of nitrogens with zero attached hydrogens (tertiary/aromatic N) is 1. The molecule has 0 spiro atoms. The van der Waals surface area contributed by atoms with E-state index in [2.05, 4.69) is 25.1 Å². The van der Waals surface area contributed by atoms with Crippen molar-refractivity contribution in [3.63, 3.8) is 0 Å². The number of pyridine rings is 1. The maximum absolute atomic E-state index is 13.2. The number of carbonyl (C=O) groups excluding carboxylic acids is 1. The maximum Gasteiger partial charge on any atom is 0.207 e. The Morgan fingerprint density at radius 2 is 1.81 bits per heavy atom. The lowest BCUT2D eigenvalue weighted by Crippen LogP contribution is -2.22. The van der Waals surface area contributed by atoms with Gasteiger partial charge in [-0.1, -0.05) is 43.7 Å². The molecule has 2 aliphatic carbocycles. The zero-order chi connectivity index (χ0) is 17.9. The minimum absolute atomic E-state index is 0.154. The van der Waals surface area contributed by atoms with Gasteiger partial charge in [-0.25, -0.2) is 4.98 Å². The maximum atomic E-state index is 13.2. The predicted octanol–water partition coefficient (Wildman–Crippen LogP) is 5.52. The van der Waals surface area contributed by atoms with Crippen molar-refractivity contribution in [3.05, 3.63) is 69.5 Å².